The number of carbonyl (C=O) groups is 2. The predicted octanol–water partition coefficient (Wildman–Crippen LogP) is 1.18. The Morgan fingerprint density at radius 1 is 1.07 bits per heavy atom. The second-order valence-corrected chi connectivity index (χ2v) is 7.05. The van der Waals surface area contributed by atoms with Gasteiger partial charge >= 0.3 is 0 Å². The fraction of sp³-hybridized carbons (Fsp3) is 0.526. The van der Waals surface area contributed by atoms with Gasteiger partial charge < -0.3 is 10.2 Å². The number of aryl methyl sites for hydroxylation is 3. The van der Waals surface area contributed by atoms with E-state index in [4.69, 9.17) is 0 Å². The van der Waals surface area contributed by atoms with Crippen LogP contribution in [0.3, 0.4) is 0 Å². The van der Waals surface area contributed by atoms with Crippen molar-refractivity contribution in [2.45, 2.75) is 47.0 Å². The zero-order valence-corrected chi connectivity index (χ0v) is 16.4. The van der Waals surface area contributed by atoms with Gasteiger partial charge in [0.05, 0.1) is 18.7 Å². The summed E-state index contributed by atoms with van der Waals surface area (Å²) in [7, 11) is 0. The molecule has 144 valence electrons. The first-order valence-electron chi connectivity index (χ1n) is 9.27. The van der Waals surface area contributed by atoms with E-state index in [1.54, 1.807) is 9.58 Å². The number of carbonyl (C=O) groups excluding carboxylic acids is 2. The van der Waals surface area contributed by atoms with Gasteiger partial charge in [0.2, 0.25) is 11.8 Å². The van der Waals surface area contributed by atoms with Gasteiger partial charge in [-0.3, -0.25) is 9.59 Å². The molecule has 27 heavy (non-hydrogen) atoms. The average Bonchev–Trinajstić information content (AvgIpc) is 3.23. The van der Waals surface area contributed by atoms with E-state index in [-0.39, 0.29) is 24.8 Å². The minimum atomic E-state index is -0.186. The predicted molar refractivity (Wildman–Crippen MR) is 101 cm³/mol. The smallest absolute Gasteiger partial charge is 0.251 e. The van der Waals surface area contributed by atoms with E-state index >= 15 is 0 Å². The Morgan fingerprint density at radius 2 is 1.70 bits per heavy atom. The van der Waals surface area contributed by atoms with Crippen molar-refractivity contribution in [3.8, 4) is 5.95 Å². The van der Waals surface area contributed by atoms with E-state index in [1.807, 2.05) is 33.8 Å². The van der Waals surface area contributed by atoms with Gasteiger partial charge in [0, 0.05) is 35.7 Å². The molecule has 2 amide bonds. The molecule has 8 heteroatoms. The van der Waals surface area contributed by atoms with E-state index < -0.39 is 0 Å². The van der Waals surface area contributed by atoms with Crippen LogP contribution in [-0.4, -0.2) is 56.1 Å². The van der Waals surface area contributed by atoms with Gasteiger partial charge in [0.15, 0.2) is 0 Å². The summed E-state index contributed by atoms with van der Waals surface area (Å²) in [5.41, 5.74) is 4.16. The van der Waals surface area contributed by atoms with Crippen LogP contribution in [0.15, 0.2) is 6.07 Å². The van der Waals surface area contributed by atoms with Crippen molar-refractivity contribution >= 4 is 11.8 Å². The van der Waals surface area contributed by atoms with Crippen LogP contribution in [0, 0.1) is 27.7 Å². The average molecular weight is 370 g/mol. The molecule has 1 N–H and O–H groups in total. The molecular weight excluding hydrogens is 344 g/mol. The number of hydrogen-bond acceptors (Lipinski definition) is 5. The summed E-state index contributed by atoms with van der Waals surface area (Å²) in [4.78, 5) is 35.1. The van der Waals surface area contributed by atoms with Crippen LogP contribution >= 0.6 is 0 Å². The lowest BCUT2D eigenvalue weighted by Gasteiger charge is -2.15. The van der Waals surface area contributed by atoms with Gasteiger partial charge in [0.1, 0.15) is 0 Å². The van der Waals surface area contributed by atoms with Crippen molar-refractivity contribution in [2.75, 3.05) is 19.6 Å². The van der Waals surface area contributed by atoms with Crippen LogP contribution in [-0.2, 0) is 16.0 Å². The molecule has 3 rings (SSSR count). The van der Waals surface area contributed by atoms with Crippen LogP contribution < -0.4 is 5.32 Å². The maximum absolute atomic E-state index is 12.3. The number of aromatic nitrogens is 4. The summed E-state index contributed by atoms with van der Waals surface area (Å²) in [6.07, 6.45) is 2.26. The van der Waals surface area contributed by atoms with Crippen molar-refractivity contribution in [1.82, 2.24) is 30.0 Å². The molecule has 1 fully saturated rings. The highest BCUT2D eigenvalue weighted by atomic mass is 16.2. The quantitative estimate of drug-likeness (QED) is 0.853. The second kappa shape index (κ2) is 7.85. The third kappa shape index (κ3) is 4.32. The molecule has 1 aliphatic rings. The number of amides is 2. The molecule has 0 aromatic carbocycles. The Bertz CT molecular complexity index is 847. The van der Waals surface area contributed by atoms with Crippen molar-refractivity contribution < 1.29 is 9.59 Å². The van der Waals surface area contributed by atoms with Gasteiger partial charge in [-0.05, 0) is 46.6 Å². The molecule has 0 radical (unpaired) electrons. The van der Waals surface area contributed by atoms with Crippen molar-refractivity contribution in [3.05, 3.63) is 34.4 Å². The summed E-state index contributed by atoms with van der Waals surface area (Å²) in [6.45, 7) is 9.21. The highest BCUT2D eigenvalue weighted by Gasteiger charge is 2.20. The fourth-order valence-electron chi connectivity index (χ4n) is 3.40. The molecule has 0 aliphatic carbocycles. The van der Waals surface area contributed by atoms with Gasteiger partial charge in [-0.1, -0.05) is 0 Å². The molecule has 3 heterocycles. The summed E-state index contributed by atoms with van der Waals surface area (Å²) in [6, 6.07) is 1.90. The summed E-state index contributed by atoms with van der Waals surface area (Å²) in [5, 5.41) is 7.24. The Hall–Kier alpha value is -2.77. The SMILES string of the molecule is Cc1cc(C)nc(-n2nc(C)c(CC(=O)NCC(=O)N3CCCC3)c2C)n1. The second-order valence-electron chi connectivity index (χ2n) is 7.05. The molecular formula is C19H26N6O2. The number of nitrogens with zero attached hydrogens (tertiary/aromatic N) is 5. The van der Waals surface area contributed by atoms with E-state index in [9.17, 15) is 9.59 Å². The highest BCUT2D eigenvalue weighted by molar-refractivity contribution is 5.86. The Morgan fingerprint density at radius 3 is 2.33 bits per heavy atom. The van der Waals surface area contributed by atoms with Crippen LogP contribution in [0.2, 0.25) is 0 Å². The van der Waals surface area contributed by atoms with Crippen LogP contribution in [0.1, 0.15) is 41.2 Å². The summed E-state index contributed by atoms with van der Waals surface area (Å²) >= 11 is 0. The van der Waals surface area contributed by atoms with E-state index in [2.05, 4.69) is 20.4 Å². The Balaban J connectivity index is 1.69. The monoisotopic (exact) mass is 370 g/mol. The van der Waals surface area contributed by atoms with Gasteiger partial charge in [0.25, 0.3) is 5.95 Å². The third-order valence-corrected chi connectivity index (χ3v) is 4.83. The largest absolute Gasteiger partial charge is 0.347 e. The minimum Gasteiger partial charge on any atom is -0.347 e. The lowest BCUT2D eigenvalue weighted by atomic mass is 10.1. The van der Waals surface area contributed by atoms with Gasteiger partial charge in [-0.15, -0.1) is 0 Å². The van der Waals surface area contributed by atoms with Gasteiger partial charge in [-0.2, -0.15) is 5.10 Å². The molecule has 0 saturated carbocycles. The van der Waals surface area contributed by atoms with Crippen LogP contribution in [0.5, 0.6) is 0 Å². The lowest BCUT2D eigenvalue weighted by molar-refractivity contribution is -0.131. The zero-order valence-electron chi connectivity index (χ0n) is 16.4. The van der Waals surface area contributed by atoms with E-state index in [1.165, 1.54) is 0 Å². The molecule has 2 aromatic rings. The maximum atomic E-state index is 12.3. The maximum Gasteiger partial charge on any atom is 0.251 e. The summed E-state index contributed by atoms with van der Waals surface area (Å²) < 4.78 is 1.67. The number of rotatable bonds is 5. The fourth-order valence-corrected chi connectivity index (χ4v) is 3.40. The molecule has 0 atom stereocenters. The van der Waals surface area contributed by atoms with Crippen LogP contribution in [0.4, 0.5) is 0 Å². The topological polar surface area (TPSA) is 93.0 Å². The molecule has 2 aromatic heterocycles. The van der Waals surface area contributed by atoms with E-state index in [0.29, 0.717) is 5.95 Å². The van der Waals surface area contributed by atoms with Crippen LogP contribution in [0.25, 0.3) is 5.95 Å². The molecule has 0 unspecified atom stereocenters. The van der Waals surface area contributed by atoms with Crippen molar-refractivity contribution in [3.63, 3.8) is 0 Å². The molecule has 1 aliphatic heterocycles. The number of hydrogen-bond donors (Lipinski definition) is 1. The Labute approximate surface area is 159 Å². The number of likely N-dealkylation sites (tertiary alicyclic amines) is 1. The lowest BCUT2D eigenvalue weighted by Crippen LogP contribution is -2.39. The molecule has 8 nitrogen and oxygen atoms in total. The summed E-state index contributed by atoms with van der Waals surface area (Å²) in [5.74, 6) is 0.298. The standard InChI is InChI=1S/C19H26N6O2/c1-12-9-13(2)22-19(21-12)25-15(4)16(14(3)23-25)10-17(26)20-11-18(27)24-7-5-6-8-24/h9H,5-8,10-11H2,1-4H3,(H,20,26). The van der Waals surface area contributed by atoms with Crippen molar-refractivity contribution in [1.29, 1.82) is 0 Å². The molecule has 1 saturated heterocycles. The third-order valence-electron chi connectivity index (χ3n) is 4.83. The van der Waals surface area contributed by atoms with Gasteiger partial charge in [-0.25, -0.2) is 14.6 Å². The Kier molecular flexibility index (Phi) is 5.53. The van der Waals surface area contributed by atoms with E-state index in [0.717, 1.165) is 54.3 Å². The zero-order chi connectivity index (χ0) is 19.6. The first-order valence-corrected chi connectivity index (χ1v) is 9.27. The highest BCUT2D eigenvalue weighted by Crippen LogP contribution is 2.17. The molecule has 0 spiro atoms. The molecule has 0 bridgehead atoms. The normalized spacial score (nSPS) is 13.9. The van der Waals surface area contributed by atoms with Crippen molar-refractivity contribution in [2.24, 2.45) is 0 Å². The number of nitrogens with one attached hydrogen (secondary N) is 1. The minimum absolute atomic E-state index is 0.0198. The first kappa shape index (κ1) is 19.0. The first-order chi connectivity index (χ1) is 12.8.